The lowest BCUT2D eigenvalue weighted by molar-refractivity contribution is -0.109. The highest BCUT2D eigenvalue weighted by molar-refractivity contribution is 5.86. The van der Waals surface area contributed by atoms with Crippen LogP contribution in [0.4, 0.5) is 11.4 Å². The van der Waals surface area contributed by atoms with Crippen molar-refractivity contribution in [2.75, 3.05) is 31.5 Å². The van der Waals surface area contributed by atoms with Crippen LogP contribution >= 0.6 is 0 Å². The van der Waals surface area contributed by atoms with Crippen molar-refractivity contribution < 1.29 is 24.2 Å². The van der Waals surface area contributed by atoms with Crippen LogP contribution in [0.25, 0.3) is 10.9 Å². The van der Waals surface area contributed by atoms with E-state index in [9.17, 15) is 14.7 Å². The van der Waals surface area contributed by atoms with Crippen LogP contribution in [-0.2, 0) is 9.59 Å². The maximum Gasteiger partial charge on any atom is 0.233 e. The van der Waals surface area contributed by atoms with Crippen molar-refractivity contribution in [2.24, 2.45) is 0 Å². The number of methoxy groups -OCH3 is 1. The molecule has 0 spiro atoms. The van der Waals surface area contributed by atoms with E-state index in [1.54, 1.807) is 64.5 Å². The second kappa shape index (κ2) is 13.5. The highest BCUT2D eigenvalue weighted by Crippen LogP contribution is 2.36. The number of para-hydroxylation sites is 1. The predicted molar refractivity (Wildman–Crippen MR) is 153 cm³/mol. The fourth-order valence-corrected chi connectivity index (χ4v) is 3.58. The van der Waals surface area contributed by atoms with Gasteiger partial charge in [0.25, 0.3) is 0 Å². The first-order valence-electron chi connectivity index (χ1n) is 12.1. The number of anilines is 2. The number of phenols is 1. The van der Waals surface area contributed by atoms with Gasteiger partial charge in [-0.15, -0.1) is 0 Å². The molecule has 4 aromatic rings. The molecule has 4 rings (SSSR count). The van der Waals surface area contributed by atoms with Crippen molar-refractivity contribution in [3.8, 4) is 23.0 Å². The van der Waals surface area contributed by atoms with Gasteiger partial charge in [0, 0.05) is 54.8 Å². The third-order valence-electron chi connectivity index (χ3n) is 6.05. The molecule has 1 amide bonds. The zero-order valence-electron chi connectivity index (χ0n) is 22.6. The summed E-state index contributed by atoms with van der Waals surface area (Å²) in [5, 5.41) is 16.9. The van der Waals surface area contributed by atoms with Crippen LogP contribution in [0.15, 0.2) is 90.3 Å². The molecule has 0 atom stereocenters. The van der Waals surface area contributed by atoms with Crippen LogP contribution in [0.5, 0.6) is 23.0 Å². The summed E-state index contributed by atoms with van der Waals surface area (Å²) in [5.41, 5.74) is 3.66. The van der Waals surface area contributed by atoms with Crippen LogP contribution in [-0.4, -0.2) is 49.0 Å². The molecule has 0 bridgehead atoms. The van der Waals surface area contributed by atoms with Gasteiger partial charge in [-0.2, -0.15) is 0 Å². The van der Waals surface area contributed by atoms with Crippen molar-refractivity contribution in [3.05, 3.63) is 90.3 Å². The standard InChI is InChI=1S/C17H16N2O3.C13H16N2O2/c1-18-11-3-6-17(15(20)9-11)22-16-7-8-19-14-10-12(21-2)4-5-13(14)16;1-11(9-16)12(2)14(3)15(10-17)13-7-5-4-6-8-13/h3-10,18,20H,1-2H3;4-10H,1-3H3/b;12-11+. The van der Waals surface area contributed by atoms with Crippen LogP contribution < -0.4 is 19.8 Å². The molecule has 0 fully saturated rings. The molecule has 9 heteroatoms. The number of allylic oxidation sites excluding steroid dienone is 2. The summed E-state index contributed by atoms with van der Waals surface area (Å²) in [4.78, 5) is 26.2. The Morgan fingerprint density at radius 3 is 2.33 bits per heavy atom. The summed E-state index contributed by atoms with van der Waals surface area (Å²) in [6.07, 6.45) is 3.16. The van der Waals surface area contributed by atoms with E-state index >= 15 is 0 Å². The Balaban J connectivity index is 0.000000224. The van der Waals surface area contributed by atoms with Crippen LogP contribution in [0, 0.1) is 0 Å². The predicted octanol–water partition coefficient (Wildman–Crippen LogP) is 5.77. The number of amides is 1. The zero-order valence-corrected chi connectivity index (χ0v) is 22.6. The normalized spacial score (nSPS) is 10.9. The van der Waals surface area contributed by atoms with E-state index in [1.807, 2.05) is 54.6 Å². The van der Waals surface area contributed by atoms with Crippen molar-refractivity contribution in [1.82, 2.24) is 9.99 Å². The van der Waals surface area contributed by atoms with Crippen LogP contribution in [0.3, 0.4) is 0 Å². The molecule has 3 aromatic carbocycles. The summed E-state index contributed by atoms with van der Waals surface area (Å²) in [7, 11) is 5.14. The molecule has 202 valence electrons. The van der Waals surface area contributed by atoms with Crippen molar-refractivity contribution >= 4 is 35.0 Å². The molecule has 0 aliphatic heterocycles. The van der Waals surface area contributed by atoms with Crippen molar-refractivity contribution in [1.29, 1.82) is 0 Å². The Kier molecular flexibility index (Phi) is 9.86. The number of ether oxygens (including phenoxy) is 2. The Morgan fingerprint density at radius 1 is 0.974 bits per heavy atom. The zero-order chi connectivity index (χ0) is 28.4. The number of aldehydes is 1. The average Bonchev–Trinajstić information content (AvgIpc) is 2.98. The Bertz CT molecular complexity index is 1460. The molecule has 0 radical (unpaired) electrons. The SMILES string of the molecule is C/C(C=O)=C(/C)N(C)N(C=O)c1ccccc1.CNc1ccc(Oc2ccnc3cc(OC)ccc23)c(O)c1. The molecule has 1 heterocycles. The number of hydrogen-bond acceptors (Lipinski definition) is 8. The van der Waals surface area contributed by atoms with E-state index in [4.69, 9.17) is 9.47 Å². The monoisotopic (exact) mass is 528 g/mol. The maximum atomic E-state index is 11.1. The molecular formula is C30H32N4O5. The van der Waals surface area contributed by atoms with E-state index in [0.29, 0.717) is 17.1 Å². The fourth-order valence-electron chi connectivity index (χ4n) is 3.58. The van der Waals surface area contributed by atoms with E-state index in [0.717, 1.165) is 46.4 Å². The smallest absolute Gasteiger partial charge is 0.233 e. The minimum atomic E-state index is 0.0744. The number of hydrogen-bond donors (Lipinski definition) is 2. The first-order valence-corrected chi connectivity index (χ1v) is 12.1. The Hall–Kier alpha value is -5.05. The van der Waals surface area contributed by atoms with Gasteiger partial charge in [0.2, 0.25) is 6.41 Å². The van der Waals surface area contributed by atoms with Gasteiger partial charge in [0.05, 0.1) is 18.3 Å². The summed E-state index contributed by atoms with van der Waals surface area (Å²) in [6, 6.07) is 21.7. The first-order chi connectivity index (χ1) is 18.8. The van der Waals surface area contributed by atoms with E-state index < -0.39 is 0 Å². The first kappa shape index (κ1) is 28.5. The molecule has 0 aliphatic rings. The quantitative estimate of drug-likeness (QED) is 0.160. The molecule has 0 aliphatic carbocycles. The molecule has 1 aromatic heterocycles. The molecular weight excluding hydrogens is 496 g/mol. The van der Waals surface area contributed by atoms with Gasteiger partial charge < -0.3 is 19.9 Å². The number of rotatable bonds is 9. The average molecular weight is 529 g/mol. The number of phenolic OH excluding ortho intramolecular Hbond substituents is 1. The number of nitrogens with zero attached hydrogens (tertiary/aromatic N) is 3. The van der Waals surface area contributed by atoms with Gasteiger partial charge in [-0.3, -0.25) is 19.6 Å². The highest BCUT2D eigenvalue weighted by atomic mass is 16.5. The number of fused-ring (bicyclic) bond motifs is 1. The molecule has 0 unspecified atom stereocenters. The number of aromatic nitrogens is 1. The lowest BCUT2D eigenvalue weighted by Gasteiger charge is -2.31. The Labute approximate surface area is 227 Å². The van der Waals surface area contributed by atoms with Gasteiger partial charge in [0.15, 0.2) is 11.5 Å². The summed E-state index contributed by atoms with van der Waals surface area (Å²) < 4.78 is 11.0. The number of carbonyl (C=O) groups excluding carboxylic acids is 2. The minimum absolute atomic E-state index is 0.0744. The van der Waals surface area contributed by atoms with Crippen LogP contribution in [0.1, 0.15) is 13.8 Å². The lowest BCUT2D eigenvalue weighted by Crippen LogP contribution is -2.38. The molecule has 9 nitrogen and oxygen atoms in total. The van der Waals surface area contributed by atoms with Gasteiger partial charge in [-0.05, 0) is 56.3 Å². The second-order valence-electron chi connectivity index (χ2n) is 8.42. The molecule has 0 saturated heterocycles. The van der Waals surface area contributed by atoms with Gasteiger partial charge in [0.1, 0.15) is 17.8 Å². The highest BCUT2D eigenvalue weighted by Gasteiger charge is 2.13. The molecule has 39 heavy (non-hydrogen) atoms. The fraction of sp³-hybridized carbons (Fsp3) is 0.167. The summed E-state index contributed by atoms with van der Waals surface area (Å²) in [5.74, 6) is 1.83. The van der Waals surface area contributed by atoms with Gasteiger partial charge >= 0.3 is 0 Å². The third kappa shape index (κ3) is 7.04. The largest absolute Gasteiger partial charge is 0.504 e. The number of hydrazine groups is 1. The number of carbonyl (C=O) groups is 2. The van der Waals surface area contributed by atoms with Crippen molar-refractivity contribution in [3.63, 3.8) is 0 Å². The summed E-state index contributed by atoms with van der Waals surface area (Å²) >= 11 is 0. The number of pyridine rings is 1. The van der Waals surface area contributed by atoms with Crippen LogP contribution in [0.2, 0.25) is 0 Å². The summed E-state index contributed by atoms with van der Waals surface area (Å²) in [6.45, 7) is 3.51. The molecule has 0 saturated carbocycles. The van der Waals surface area contributed by atoms with E-state index in [-0.39, 0.29) is 5.75 Å². The lowest BCUT2D eigenvalue weighted by atomic mass is 10.2. The second-order valence-corrected chi connectivity index (χ2v) is 8.42. The number of aromatic hydroxyl groups is 1. The minimum Gasteiger partial charge on any atom is -0.504 e. The van der Waals surface area contributed by atoms with Gasteiger partial charge in [-0.1, -0.05) is 18.2 Å². The topological polar surface area (TPSA) is 104 Å². The van der Waals surface area contributed by atoms with Crippen molar-refractivity contribution in [2.45, 2.75) is 13.8 Å². The van der Waals surface area contributed by atoms with E-state index in [1.165, 1.54) is 5.01 Å². The molecule has 2 N–H and O–H groups in total. The maximum absolute atomic E-state index is 11.1. The number of nitrogens with one attached hydrogen (secondary N) is 1. The third-order valence-corrected chi connectivity index (χ3v) is 6.05. The van der Waals surface area contributed by atoms with Gasteiger partial charge in [-0.25, -0.2) is 5.01 Å². The number of benzene rings is 3. The van der Waals surface area contributed by atoms with E-state index in [2.05, 4.69) is 10.3 Å². The Morgan fingerprint density at radius 2 is 1.72 bits per heavy atom.